The van der Waals surface area contributed by atoms with Gasteiger partial charge in [-0.1, -0.05) is 37.8 Å². The molecule has 1 aliphatic carbocycles. The predicted molar refractivity (Wildman–Crippen MR) is 138 cm³/mol. The van der Waals surface area contributed by atoms with Crippen LogP contribution in [0.25, 0.3) is 11.5 Å². The summed E-state index contributed by atoms with van der Waals surface area (Å²) in [6.07, 6.45) is 10.4. The average Bonchev–Trinajstić information content (AvgIpc) is 3.47. The Morgan fingerprint density at radius 3 is 2.43 bits per heavy atom. The summed E-state index contributed by atoms with van der Waals surface area (Å²) in [6.45, 7) is 2.66. The molecule has 1 saturated carbocycles. The molecule has 2 aromatic heterocycles. The molecule has 35 heavy (non-hydrogen) atoms. The van der Waals surface area contributed by atoms with Gasteiger partial charge in [0.2, 0.25) is 5.91 Å². The maximum atomic E-state index is 13.9. The van der Waals surface area contributed by atoms with Gasteiger partial charge in [-0.3, -0.25) is 9.59 Å². The van der Waals surface area contributed by atoms with Crippen molar-refractivity contribution >= 4 is 23.6 Å². The molecular weight excluding hydrogens is 458 g/mol. The Hall–Kier alpha value is -2.93. The van der Waals surface area contributed by atoms with Crippen molar-refractivity contribution in [3.05, 3.63) is 66.1 Å². The van der Waals surface area contributed by atoms with Crippen LogP contribution in [0.3, 0.4) is 0 Å². The predicted octanol–water partition coefficient (Wildman–Crippen LogP) is 5.72. The molecule has 0 spiro atoms. The molecule has 1 N–H and O–H groups in total. The molecule has 1 aromatic carbocycles. The smallest absolute Gasteiger partial charge is 0.271 e. The third-order valence-corrected chi connectivity index (χ3v) is 8.20. The highest BCUT2D eigenvalue weighted by atomic mass is 32.2. The van der Waals surface area contributed by atoms with Crippen LogP contribution in [0, 0.1) is 0 Å². The van der Waals surface area contributed by atoms with E-state index >= 15 is 0 Å². The number of aromatic nitrogens is 1. The lowest BCUT2D eigenvalue weighted by molar-refractivity contribution is -0.134. The number of rotatable bonds is 6. The minimum absolute atomic E-state index is 0.0803. The SMILES string of the molecule is CSc1ccc(CN2C(=O)c3ccc(-c4ccco4)n3CC2(C)C(=O)NC2CCCCCC2)cc1. The first-order chi connectivity index (χ1) is 17.0. The van der Waals surface area contributed by atoms with E-state index in [1.807, 2.05) is 54.1 Å². The number of nitrogens with zero attached hydrogens (tertiary/aromatic N) is 2. The quantitative estimate of drug-likeness (QED) is 0.354. The Kier molecular flexibility index (Phi) is 6.78. The summed E-state index contributed by atoms with van der Waals surface area (Å²) in [5.41, 5.74) is 1.37. The van der Waals surface area contributed by atoms with Gasteiger partial charge in [0, 0.05) is 17.5 Å². The lowest BCUT2D eigenvalue weighted by Gasteiger charge is -2.45. The second-order valence-corrected chi connectivity index (χ2v) is 10.7. The molecule has 2 amide bonds. The van der Waals surface area contributed by atoms with Gasteiger partial charge in [0.1, 0.15) is 17.0 Å². The van der Waals surface area contributed by atoms with Crippen molar-refractivity contribution in [2.75, 3.05) is 6.26 Å². The zero-order valence-electron chi connectivity index (χ0n) is 20.5. The van der Waals surface area contributed by atoms with Crippen LogP contribution in [-0.4, -0.2) is 39.1 Å². The number of hydrogen-bond acceptors (Lipinski definition) is 4. The highest BCUT2D eigenvalue weighted by Crippen LogP contribution is 2.35. The maximum Gasteiger partial charge on any atom is 0.271 e. The molecule has 1 atom stereocenters. The average molecular weight is 492 g/mol. The van der Waals surface area contributed by atoms with Gasteiger partial charge in [-0.15, -0.1) is 11.8 Å². The topological polar surface area (TPSA) is 67.5 Å². The van der Waals surface area contributed by atoms with Gasteiger partial charge in [0.15, 0.2) is 0 Å². The van der Waals surface area contributed by atoms with Gasteiger partial charge in [-0.2, -0.15) is 0 Å². The van der Waals surface area contributed by atoms with Crippen molar-refractivity contribution in [3.63, 3.8) is 0 Å². The van der Waals surface area contributed by atoms with Crippen molar-refractivity contribution in [1.29, 1.82) is 0 Å². The normalized spacial score (nSPS) is 21.0. The Morgan fingerprint density at radius 1 is 1.06 bits per heavy atom. The molecule has 0 saturated heterocycles. The standard InChI is InChI=1S/C28H33N3O3S/c1-28(27(33)29-21-8-5-3-4-6-9-21)19-30-23(25-10-7-17-34-25)15-16-24(30)26(32)31(28)18-20-11-13-22(35-2)14-12-20/h7,10-17,21H,3-6,8-9,18-19H2,1-2H3,(H,29,33). The summed E-state index contributed by atoms with van der Waals surface area (Å²) in [5, 5.41) is 3.33. The fraction of sp³-hybridized carbons (Fsp3) is 0.429. The Morgan fingerprint density at radius 2 is 1.77 bits per heavy atom. The van der Waals surface area contributed by atoms with E-state index in [2.05, 4.69) is 17.4 Å². The fourth-order valence-corrected chi connectivity index (χ4v) is 5.75. The first-order valence-electron chi connectivity index (χ1n) is 12.5. The number of furan rings is 1. The van der Waals surface area contributed by atoms with Gasteiger partial charge in [0.25, 0.3) is 5.91 Å². The van der Waals surface area contributed by atoms with E-state index in [1.54, 1.807) is 22.9 Å². The monoisotopic (exact) mass is 491 g/mol. The first kappa shape index (κ1) is 23.8. The minimum Gasteiger partial charge on any atom is -0.463 e. The van der Waals surface area contributed by atoms with Crippen LogP contribution in [0.2, 0.25) is 0 Å². The number of fused-ring (bicyclic) bond motifs is 1. The second kappa shape index (κ2) is 9.97. The van der Waals surface area contributed by atoms with E-state index in [4.69, 9.17) is 4.42 Å². The third kappa shape index (κ3) is 4.66. The number of nitrogens with one attached hydrogen (secondary N) is 1. The summed E-state index contributed by atoms with van der Waals surface area (Å²) < 4.78 is 7.58. The Bertz CT molecular complexity index is 1180. The molecule has 5 rings (SSSR count). The fourth-order valence-electron chi connectivity index (χ4n) is 5.34. The second-order valence-electron chi connectivity index (χ2n) is 9.84. The van der Waals surface area contributed by atoms with E-state index in [-0.39, 0.29) is 17.9 Å². The van der Waals surface area contributed by atoms with Crippen LogP contribution in [0.4, 0.5) is 0 Å². The van der Waals surface area contributed by atoms with E-state index in [1.165, 1.54) is 17.7 Å². The zero-order chi connectivity index (χ0) is 24.4. The van der Waals surface area contributed by atoms with Crippen molar-refractivity contribution in [3.8, 4) is 11.5 Å². The third-order valence-electron chi connectivity index (χ3n) is 7.46. The molecular formula is C28H33N3O3S. The highest BCUT2D eigenvalue weighted by Gasteiger charge is 2.48. The zero-order valence-corrected chi connectivity index (χ0v) is 21.3. The lowest BCUT2D eigenvalue weighted by Crippen LogP contribution is -2.64. The Labute approximate surface area is 211 Å². The molecule has 0 bridgehead atoms. The van der Waals surface area contributed by atoms with Crippen molar-refractivity contribution in [2.45, 2.75) is 75.0 Å². The number of benzene rings is 1. The van der Waals surface area contributed by atoms with Gasteiger partial charge < -0.3 is 19.2 Å². The molecule has 2 aliphatic rings. The van der Waals surface area contributed by atoms with Crippen molar-refractivity contribution in [1.82, 2.24) is 14.8 Å². The van der Waals surface area contributed by atoms with Crippen LogP contribution in [-0.2, 0) is 17.9 Å². The van der Waals surface area contributed by atoms with E-state index in [0.29, 0.717) is 24.5 Å². The molecule has 0 radical (unpaired) electrons. The molecule has 7 heteroatoms. The molecule has 3 heterocycles. The Balaban J connectivity index is 1.50. The van der Waals surface area contributed by atoms with Crippen LogP contribution < -0.4 is 5.32 Å². The molecule has 1 unspecified atom stereocenters. The van der Waals surface area contributed by atoms with Crippen LogP contribution in [0.1, 0.15) is 61.5 Å². The summed E-state index contributed by atoms with van der Waals surface area (Å²) in [6, 6.07) is 15.9. The maximum absolute atomic E-state index is 13.9. The molecule has 6 nitrogen and oxygen atoms in total. The van der Waals surface area contributed by atoms with Crippen LogP contribution in [0.5, 0.6) is 0 Å². The van der Waals surface area contributed by atoms with E-state index in [0.717, 1.165) is 36.9 Å². The number of carbonyl (C=O) groups excluding carboxylic acids is 2. The molecule has 1 fully saturated rings. The summed E-state index contributed by atoms with van der Waals surface area (Å²) in [7, 11) is 0. The summed E-state index contributed by atoms with van der Waals surface area (Å²) in [5.74, 6) is 0.474. The number of carbonyl (C=O) groups is 2. The highest BCUT2D eigenvalue weighted by molar-refractivity contribution is 7.98. The van der Waals surface area contributed by atoms with Gasteiger partial charge in [0.05, 0.1) is 18.5 Å². The van der Waals surface area contributed by atoms with Gasteiger partial charge >= 0.3 is 0 Å². The van der Waals surface area contributed by atoms with Crippen LogP contribution in [0.15, 0.2) is 64.1 Å². The minimum atomic E-state index is -1.03. The number of hydrogen-bond donors (Lipinski definition) is 1. The molecule has 184 valence electrons. The van der Waals surface area contributed by atoms with Crippen molar-refractivity contribution in [2.24, 2.45) is 0 Å². The largest absolute Gasteiger partial charge is 0.463 e. The molecule has 3 aromatic rings. The van der Waals surface area contributed by atoms with E-state index in [9.17, 15) is 9.59 Å². The summed E-state index contributed by atoms with van der Waals surface area (Å²) in [4.78, 5) is 30.7. The van der Waals surface area contributed by atoms with Gasteiger partial charge in [-0.05, 0) is 68.0 Å². The number of thioether (sulfide) groups is 1. The lowest BCUT2D eigenvalue weighted by atomic mass is 9.92. The van der Waals surface area contributed by atoms with E-state index < -0.39 is 5.54 Å². The van der Waals surface area contributed by atoms with Gasteiger partial charge in [-0.25, -0.2) is 0 Å². The summed E-state index contributed by atoms with van der Waals surface area (Å²) >= 11 is 1.69. The van der Waals surface area contributed by atoms with Crippen LogP contribution >= 0.6 is 11.8 Å². The first-order valence-corrected chi connectivity index (χ1v) is 13.7. The number of amides is 2. The van der Waals surface area contributed by atoms with Crippen molar-refractivity contribution < 1.29 is 14.0 Å². The molecule has 1 aliphatic heterocycles.